The molecule has 0 spiro atoms. The Bertz CT molecular complexity index is 267. The molecule has 10 heteroatoms. The second-order valence-electron chi connectivity index (χ2n) is 3.08. The fraction of sp³-hybridized carbons (Fsp3) is 0.667. The van der Waals surface area contributed by atoms with E-state index >= 15 is 0 Å². The first kappa shape index (κ1) is 20.2. The zero-order valence-electron chi connectivity index (χ0n) is 9.90. The van der Waals surface area contributed by atoms with Gasteiger partial charge in [0.1, 0.15) is 0 Å². The van der Waals surface area contributed by atoms with Gasteiger partial charge in [0.25, 0.3) is 0 Å². The third kappa shape index (κ3) is 11.6. The molecule has 0 aromatic heterocycles. The van der Waals surface area contributed by atoms with Gasteiger partial charge in [0, 0.05) is 0 Å². The average Bonchev–Trinajstić information content (AvgIpc) is 2.29. The van der Waals surface area contributed by atoms with Gasteiger partial charge >= 0.3 is 161 Å². The fourth-order valence-corrected chi connectivity index (χ4v) is 4.52. The summed E-state index contributed by atoms with van der Waals surface area (Å²) in [5, 5.41) is 0. The fourth-order valence-electron chi connectivity index (χ4n) is 0.802. The number of hydrogen-bond acceptors (Lipinski definition) is 6. The quantitative estimate of drug-likeness (QED) is 0.213. The maximum atomic E-state index is 11.4. The topological polar surface area (TPSA) is 78.9 Å². The molecule has 0 unspecified atom stereocenters. The SMILES string of the molecule is O=C(CCI)[O][Ga]([O]C(=O)CCI)[O]C(=O)CCI. The van der Waals surface area contributed by atoms with Crippen LogP contribution in [0.4, 0.5) is 0 Å². The summed E-state index contributed by atoms with van der Waals surface area (Å²) in [5.41, 5.74) is 0. The van der Waals surface area contributed by atoms with Crippen LogP contribution < -0.4 is 0 Å². The third-order valence-electron chi connectivity index (χ3n) is 1.58. The van der Waals surface area contributed by atoms with E-state index in [1.165, 1.54) is 0 Å². The van der Waals surface area contributed by atoms with E-state index in [0.717, 1.165) is 0 Å². The van der Waals surface area contributed by atoms with Crippen molar-refractivity contribution in [3.63, 3.8) is 0 Å². The van der Waals surface area contributed by atoms with E-state index in [9.17, 15) is 14.4 Å². The van der Waals surface area contributed by atoms with Crippen molar-refractivity contribution >= 4 is 103 Å². The molecule has 0 aliphatic rings. The number of rotatable bonds is 9. The van der Waals surface area contributed by atoms with E-state index in [-0.39, 0.29) is 19.3 Å². The minimum atomic E-state index is -3.58. The van der Waals surface area contributed by atoms with E-state index in [2.05, 4.69) is 0 Å². The number of carbonyl (C=O) groups is 3. The normalized spacial score (nSPS) is 9.63. The molecule has 0 saturated carbocycles. The van der Waals surface area contributed by atoms with Gasteiger partial charge in [-0.3, -0.25) is 0 Å². The molecular formula is C9H12GaI3O6. The Morgan fingerprint density at radius 1 is 0.684 bits per heavy atom. The van der Waals surface area contributed by atoms with Crippen LogP contribution in [0.5, 0.6) is 0 Å². The summed E-state index contributed by atoms with van der Waals surface area (Å²) < 4.78 is 16.7. The second-order valence-corrected chi connectivity index (χ2v) is 9.01. The van der Waals surface area contributed by atoms with Crippen LogP contribution in [0.1, 0.15) is 19.3 Å². The molecule has 19 heavy (non-hydrogen) atoms. The molecule has 0 aliphatic heterocycles. The van der Waals surface area contributed by atoms with Gasteiger partial charge < -0.3 is 0 Å². The number of halogens is 3. The van der Waals surface area contributed by atoms with Crippen molar-refractivity contribution in [1.82, 2.24) is 0 Å². The Labute approximate surface area is 158 Å². The first-order valence-electron chi connectivity index (χ1n) is 5.29. The Morgan fingerprint density at radius 3 is 1.16 bits per heavy atom. The van der Waals surface area contributed by atoms with Crippen LogP contribution in [-0.4, -0.2) is 48.5 Å². The van der Waals surface area contributed by atoms with Gasteiger partial charge in [-0.05, 0) is 0 Å². The van der Waals surface area contributed by atoms with Crippen LogP contribution in [0, 0.1) is 0 Å². The van der Waals surface area contributed by atoms with Crippen molar-refractivity contribution in [2.45, 2.75) is 19.3 Å². The molecule has 0 aromatic carbocycles. The monoisotopic (exact) mass is 666 g/mol. The second kappa shape index (κ2) is 12.9. The van der Waals surface area contributed by atoms with Crippen LogP contribution in [0.3, 0.4) is 0 Å². The summed E-state index contributed by atoms with van der Waals surface area (Å²) in [6, 6.07) is 0. The summed E-state index contributed by atoms with van der Waals surface area (Å²) in [4.78, 5) is 34.1. The van der Waals surface area contributed by atoms with Crippen molar-refractivity contribution in [2.75, 3.05) is 13.3 Å². The van der Waals surface area contributed by atoms with Crippen molar-refractivity contribution in [3.05, 3.63) is 0 Å². The molecule has 0 heterocycles. The molecule has 0 radical (unpaired) electrons. The first-order valence-corrected chi connectivity index (χ1v) is 12.8. The van der Waals surface area contributed by atoms with Crippen molar-refractivity contribution in [2.24, 2.45) is 0 Å². The van der Waals surface area contributed by atoms with Crippen LogP contribution in [0.15, 0.2) is 0 Å². The van der Waals surface area contributed by atoms with Crippen LogP contribution in [0.2, 0.25) is 0 Å². The molecule has 0 aromatic rings. The van der Waals surface area contributed by atoms with Crippen LogP contribution >= 0.6 is 67.8 Å². The predicted octanol–water partition coefficient (Wildman–Crippen LogP) is 2.08. The van der Waals surface area contributed by atoms with Crippen LogP contribution in [-0.2, 0) is 25.0 Å². The number of alkyl halides is 3. The molecule has 0 amide bonds. The third-order valence-corrected chi connectivity index (χ3v) is 6.06. The average molecular weight is 667 g/mol. The van der Waals surface area contributed by atoms with Crippen LogP contribution in [0.25, 0.3) is 0 Å². The summed E-state index contributed by atoms with van der Waals surface area (Å²) in [7, 11) is 0. The summed E-state index contributed by atoms with van der Waals surface area (Å²) in [6.45, 7) is 0. The molecule has 0 saturated heterocycles. The minimum absolute atomic E-state index is 0.204. The molecule has 0 aliphatic carbocycles. The van der Waals surface area contributed by atoms with Gasteiger partial charge in [0.2, 0.25) is 0 Å². The molecule has 0 fully saturated rings. The van der Waals surface area contributed by atoms with Gasteiger partial charge in [-0.2, -0.15) is 0 Å². The Balaban J connectivity index is 4.40. The predicted molar refractivity (Wildman–Crippen MR) is 94.5 cm³/mol. The van der Waals surface area contributed by atoms with Gasteiger partial charge in [-0.1, -0.05) is 0 Å². The molecule has 108 valence electrons. The van der Waals surface area contributed by atoms with Gasteiger partial charge in [0.15, 0.2) is 0 Å². The van der Waals surface area contributed by atoms with E-state index in [1.54, 1.807) is 0 Å². The molecule has 0 atom stereocenters. The van der Waals surface area contributed by atoms with Crippen molar-refractivity contribution in [3.8, 4) is 0 Å². The number of hydrogen-bond donors (Lipinski definition) is 0. The zero-order chi connectivity index (χ0) is 14.7. The van der Waals surface area contributed by atoms with Gasteiger partial charge in [-0.15, -0.1) is 0 Å². The maximum absolute atomic E-state index is 11.4. The van der Waals surface area contributed by atoms with Crippen molar-refractivity contribution in [1.29, 1.82) is 0 Å². The zero-order valence-corrected chi connectivity index (χ0v) is 18.8. The first-order chi connectivity index (χ1) is 9.03. The van der Waals surface area contributed by atoms with E-state index in [0.29, 0.717) is 13.3 Å². The van der Waals surface area contributed by atoms with E-state index in [1.807, 2.05) is 67.8 Å². The Kier molecular flexibility index (Phi) is 13.8. The Hall–Kier alpha value is 1.24. The molecule has 0 bridgehead atoms. The molecular weight excluding hydrogens is 655 g/mol. The standard InChI is InChI=1S/3C3H5IO2.Ga/c3*4-2-1-3(5)6;/h3*1-2H2,(H,5,6);/q;;;+3/p-3. The van der Waals surface area contributed by atoms with Gasteiger partial charge in [0.05, 0.1) is 0 Å². The summed E-state index contributed by atoms with van der Waals surface area (Å²) in [5.74, 6) is -1.49. The molecule has 0 rings (SSSR count). The van der Waals surface area contributed by atoms with E-state index < -0.39 is 35.2 Å². The molecule has 6 nitrogen and oxygen atoms in total. The summed E-state index contributed by atoms with van der Waals surface area (Å²) >= 11 is 2.51. The molecule has 0 N–H and O–H groups in total. The Morgan fingerprint density at radius 2 is 0.947 bits per heavy atom. The number of carbonyl (C=O) groups excluding carboxylic acids is 3. The van der Waals surface area contributed by atoms with Gasteiger partial charge in [-0.25, -0.2) is 0 Å². The summed E-state index contributed by atoms with van der Waals surface area (Å²) in [6.07, 6.45) is 0.613. The van der Waals surface area contributed by atoms with Crippen molar-refractivity contribution < 1.29 is 25.0 Å². The van der Waals surface area contributed by atoms with E-state index in [4.69, 9.17) is 10.6 Å².